The first-order chi connectivity index (χ1) is 15.2. The number of amides is 1. The first-order valence-corrected chi connectivity index (χ1v) is 11.4. The fourth-order valence-corrected chi connectivity index (χ4v) is 4.32. The summed E-state index contributed by atoms with van der Waals surface area (Å²) in [6.45, 7) is 4.49. The average molecular weight is 426 g/mol. The summed E-state index contributed by atoms with van der Waals surface area (Å²) in [4.78, 5) is 14.6. The molecule has 2 aliphatic heterocycles. The largest absolute Gasteiger partial charge is 0.490 e. The monoisotopic (exact) mass is 425 g/mol. The minimum Gasteiger partial charge on any atom is -0.490 e. The van der Waals surface area contributed by atoms with Crippen molar-refractivity contribution < 1.29 is 13.9 Å². The standard InChI is InChI=1S/C25H32FN3O2/c26-21-2-1-3-24(17-21)31-23-10-14-29(15-11-23)25(30)16-20-6-4-19(5-7-20)8-9-22-18-27-12-13-28-22/h1-7,17,22-23,27-28H,8-16,18H2/t22-/m1/s1. The van der Waals surface area contributed by atoms with E-state index < -0.39 is 0 Å². The number of hydrogen-bond acceptors (Lipinski definition) is 4. The Labute approximate surface area is 184 Å². The third kappa shape index (κ3) is 6.52. The lowest BCUT2D eigenvalue weighted by Gasteiger charge is -2.32. The highest BCUT2D eigenvalue weighted by Gasteiger charge is 2.24. The zero-order chi connectivity index (χ0) is 21.5. The zero-order valence-corrected chi connectivity index (χ0v) is 18.0. The lowest BCUT2D eigenvalue weighted by Crippen LogP contribution is -2.48. The van der Waals surface area contributed by atoms with Crippen molar-refractivity contribution in [3.8, 4) is 5.75 Å². The Bertz CT molecular complexity index is 844. The van der Waals surface area contributed by atoms with E-state index >= 15 is 0 Å². The van der Waals surface area contributed by atoms with Gasteiger partial charge in [-0.2, -0.15) is 0 Å². The SMILES string of the molecule is O=C(Cc1ccc(CC[C@@H]2CNCCN2)cc1)N1CCC(Oc2cccc(F)c2)CC1. The molecule has 0 bridgehead atoms. The van der Waals surface area contributed by atoms with Crippen molar-refractivity contribution in [3.05, 3.63) is 65.5 Å². The van der Waals surface area contributed by atoms with Gasteiger partial charge < -0.3 is 20.3 Å². The maximum absolute atomic E-state index is 13.3. The molecule has 2 heterocycles. The van der Waals surface area contributed by atoms with E-state index in [1.807, 2.05) is 4.90 Å². The molecule has 1 atom stereocenters. The molecule has 0 spiro atoms. The molecule has 31 heavy (non-hydrogen) atoms. The lowest BCUT2D eigenvalue weighted by molar-refractivity contribution is -0.132. The van der Waals surface area contributed by atoms with Gasteiger partial charge in [-0.25, -0.2) is 4.39 Å². The molecule has 2 aromatic rings. The molecule has 0 radical (unpaired) electrons. The smallest absolute Gasteiger partial charge is 0.226 e. The van der Waals surface area contributed by atoms with Gasteiger partial charge in [-0.3, -0.25) is 4.79 Å². The van der Waals surface area contributed by atoms with E-state index in [1.165, 1.54) is 17.7 Å². The first-order valence-electron chi connectivity index (χ1n) is 11.4. The number of likely N-dealkylation sites (tertiary alicyclic amines) is 1. The summed E-state index contributed by atoms with van der Waals surface area (Å²) in [6, 6.07) is 15.2. The van der Waals surface area contributed by atoms with E-state index in [4.69, 9.17) is 4.74 Å². The molecule has 2 saturated heterocycles. The molecule has 0 unspecified atom stereocenters. The van der Waals surface area contributed by atoms with Crippen molar-refractivity contribution in [2.75, 3.05) is 32.7 Å². The fourth-order valence-electron chi connectivity index (χ4n) is 4.32. The molecular weight excluding hydrogens is 393 g/mol. The highest BCUT2D eigenvalue weighted by Crippen LogP contribution is 2.20. The van der Waals surface area contributed by atoms with E-state index in [1.54, 1.807) is 12.1 Å². The molecule has 4 rings (SSSR count). The Morgan fingerprint density at radius 1 is 1.06 bits per heavy atom. The number of carbonyl (C=O) groups excluding carboxylic acids is 1. The maximum atomic E-state index is 13.3. The lowest BCUT2D eigenvalue weighted by atomic mass is 10.0. The number of hydrogen-bond donors (Lipinski definition) is 2. The van der Waals surface area contributed by atoms with Gasteiger partial charge in [0.05, 0.1) is 6.42 Å². The molecule has 2 aromatic carbocycles. The van der Waals surface area contributed by atoms with Gasteiger partial charge >= 0.3 is 0 Å². The minimum absolute atomic E-state index is 0.0268. The second-order valence-corrected chi connectivity index (χ2v) is 8.54. The molecular formula is C25H32FN3O2. The number of ether oxygens (including phenoxy) is 1. The van der Waals surface area contributed by atoms with Crippen LogP contribution in [0.15, 0.2) is 48.5 Å². The quantitative estimate of drug-likeness (QED) is 0.716. The number of aryl methyl sites for hydroxylation is 1. The average Bonchev–Trinajstić information content (AvgIpc) is 2.80. The summed E-state index contributed by atoms with van der Waals surface area (Å²) in [5.74, 6) is 0.425. The van der Waals surface area contributed by atoms with Crippen LogP contribution in [-0.4, -0.2) is 55.7 Å². The summed E-state index contributed by atoms with van der Waals surface area (Å²) in [6.07, 6.45) is 4.17. The van der Waals surface area contributed by atoms with Crippen LogP contribution in [0.1, 0.15) is 30.4 Å². The summed E-state index contributed by atoms with van der Waals surface area (Å²) >= 11 is 0. The topological polar surface area (TPSA) is 53.6 Å². The van der Waals surface area contributed by atoms with Crippen LogP contribution >= 0.6 is 0 Å². The summed E-state index contributed by atoms with van der Waals surface area (Å²) in [5.41, 5.74) is 2.38. The van der Waals surface area contributed by atoms with Crippen LogP contribution < -0.4 is 15.4 Å². The molecule has 1 amide bonds. The van der Waals surface area contributed by atoms with E-state index in [0.717, 1.165) is 50.9 Å². The second-order valence-electron chi connectivity index (χ2n) is 8.54. The van der Waals surface area contributed by atoms with Gasteiger partial charge in [0.1, 0.15) is 17.7 Å². The van der Waals surface area contributed by atoms with Gasteiger partial charge in [0, 0.05) is 57.7 Å². The Morgan fingerprint density at radius 3 is 2.55 bits per heavy atom. The van der Waals surface area contributed by atoms with Crippen molar-refractivity contribution in [3.63, 3.8) is 0 Å². The van der Waals surface area contributed by atoms with E-state index in [-0.39, 0.29) is 17.8 Å². The molecule has 0 aromatic heterocycles. The highest BCUT2D eigenvalue weighted by molar-refractivity contribution is 5.78. The minimum atomic E-state index is -0.293. The highest BCUT2D eigenvalue weighted by atomic mass is 19.1. The molecule has 2 fully saturated rings. The maximum Gasteiger partial charge on any atom is 0.226 e. The number of piperidine rings is 1. The van der Waals surface area contributed by atoms with Crippen molar-refractivity contribution in [2.24, 2.45) is 0 Å². The molecule has 0 saturated carbocycles. The number of nitrogens with one attached hydrogen (secondary N) is 2. The van der Waals surface area contributed by atoms with Gasteiger partial charge in [0.2, 0.25) is 5.91 Å². The Hall–Kier alpha value is -2.44. The predicted octanol–water partition coefficient (Wildman–Crippen LogP) is 2.93. The summed E-state index contributed by atoms with van der Waals surface area (Å²) in [5, 5.41) is 6.97. The Kier molecular flexibility index (Phi) is 7.54. The van der Waals surface area contributed by atoms with Crippen LogP contribution in [0, 0.1) is 5.82 Å². The van der Waals surface area contributed by atoms with E-state index in [9.17, 15) is 9.18 Å². The van der Waals surface area contributed by atoms with Gasteiger partial charge in [-0.1, -0.05) is 30.3 Å². The van der Waals surface area contributed by atoms with E-state index in [2.05, 4.69) is 34.9 Å². The fraction of sp³-hybridized carbons (Fsp3) is 0.480. The van der Waals surface area contributed by atoms with Crippen LogP contribution in [0.3, 0.4) is 0 Å². The third-order valence-corrected chi connectivity index (χ3v) is 6.18. The number of nitrogens with zero attached hydrogens (tertiary/aromatic N) is 1. The van der Waals surface area contributed by atoms with Gasteiger partial charge in [-0.05, 0) is 36.1 Å². The van der Waals surface area contributed by atoms with Crippen molar-refractivity contribution in [2.45, 2.75) is 44.2 Å². The number of piperazine rings is 1. The first kappa shape index (κ1) is 21.8. The third-order valence-electron chi connectivity index (χ3n) is 6.18. The summed E-state index contributed by atoms with van der Waals surface area (Å²) < 4.78 is 19.2. The second kappa shape index (κ2) is 10.7. The van der Waals surface area contributed by atoms with Gasteiger partial charge in [0.25, 0.3) is 0 Å². The van der Waals surface area contributed by atoms with Crippen molar-refractivity contribution in [1.29, 1.82) is 0 Å². The predicted molar refractivity (Wildman–Crippen MR) is 120 cm³/mol. The van der Waals surface area contributed by atoms with Crippen molar-refractivity contribution in [1.82, 2.24) is 15.5 Å². The zero-order valence-electron chi connectivity index (χ0n) is 18.0. The Morgan fingerprint density at radius 2 is 1.84 bits per heavy atom. The van der Waals surface area contributed by atoms with Gasteiger partial charge in [-0.15, -0.1) is 0 Å². The molecule has 6 heteroatoms. The molecule has 2 aliphatic rings. The van der Waals surface area contributed by atoms with Crippen LogP contribution in [0.5, 0.6) is 5.75 Å². The molecule has 5 nitrogen and oxygen atoms in total. The van der Waals surface area contributed by atoms with Crippen LogP contribution in [-0.2, 0) is 17.6 Å². The van der Waals surface area contributed by atoms with Crippen LogP contribution in [0.4, 0.5) is 4.39 Å². The molecule has 166 valence electrons. The normalized spacial score (nSPS) is 19.9. The Balaban J connectivity index is 1.19. The molecule has 0 aliphatic carbocycles. The van der Waals surface area contributed by atoms with Crippen LogP contribution in [0.2, 0.25) is 0 Å². The van der Waals surface area contributed by atoms with Gasteiger partial charge in [0.15, 0.2) is 0 Å². The number of benzene rings is 2. The number of carbonyl (C=O) groups is 1. The number of halogens is 1. The number of rotatable bonds is 7. The molecule has 2 N–H and O–H groups in total. The van der Waals surface area contributed by atoms with Crippen molar-refractivity contribution >= 4 is 5.91 Å². The summed E-state index contributed by atoms with van der Waals surface area (Å²) in [7, 11) is 0. The van der Waals surface area contributed by atoms with Crippen LogP contribution in [0.25, 0.3) is 0 Å². The van der Waals surface area contributed by atoms with E-state index in [0.29, 0.717) is 31.3 Å².